The molecule has 0 unspecified atom stereocenters. The normalized spacial score (nSPS) is 16.2. The van der Waals surface area contributed by atoms with Crippen molar-refractivity contribution in [3.8, 4) is 0 Å². The highest BCUT2D eigenvalue weighted by molar-refractivity contribution is 9.10. The first-order chi connectivity index (χ1) is 16.4. The van der Waals surface area contributed by atoms with Gasteiger partial charge >= 0.3 is 0 Å². The largest absolute Gasteiger partial charge is 0.369 e. The maximum Gasteiger partial charge on any atom is 0.227 e. The molecule has 1 aromatic carbocycles. The lowest BCUT2D eigenvalue weighted by Crippen LogP contribution is -2.24. The Hall–Kier alpha value is -2.68. The zero-order valence-corrected chi connectivity index (χ0v) is 21.5. The molecule has 2 aromatic heterocycles. The summed E-state index contributed by atoms with van der Waals surface area (Å²) in [6, 6.07) is 9.06. The van der Waals surface area contributed by atoms with E-state index in [9.17, 15) is 4.79 Å². The van der Waals surface area contributed by atoms with Crippen LogP contribution in [0.4, 0.5) is 11.8 Å². The first-order valence-electron chi connectivity index (χ1n) is 12.2. The Morgan fingerprint density at radius 1 is 1.12 bits per heavy atom. The highest BCUT2D eigenvalue weighted by Gasteiger charge is 2.26. The van der Waals surface area contributed by atoms with Crippen LogP contribution < -0.4 is 16.4 Å². The number of carbonyl (C=O) groups is 1. The number of halogens is 1. The number of hydrogen-bond acceptors (Lipinski definition) is 6. The van der Waals surface area contributed by atoms with Crippen molar-refractivity contribution in [2.24, 2.45) is 11.7 Å². The number of amides is 1. The molecule has 3 aromatic rings. The van der Waals surface area contributed by atoms with Crippen molar-refractivity contribution in [1.82, 2.24) is 19.5 Å². The Kier molecular flexibility index (Phi) is 8.03. The molecular formula is C25H34BrN7O. The number of fused-ring (bicyclic) bond motifs is 1. The molecule has 4 N–H and O–H groups in total. The third-order valence-electron chi connectivity index (χ3n) is 6.27. The maximum atomic E-state index is 9.98. The summed E-state index contributed by atoms with van der Waals surface area (Å²) in [4.78, 5) is 24.2. The molecular weight excluding hydrogens is 494 g/mol. The molecule has 2 saturated carbocycles. The highest BCUT2D eigenvalue weighted by atomic mass is 79.9. The van der Waals surface area contributed by atoms with E-state index >= 15 is 0 Å². The van der Waals surface area contributed by atoms with Crippen LogP contribution in [0.2, 0.25) is 0 Å². The van der Waals surface area contributed by atoms with Gasteiger partial charge in [-0.25, -0.2) is 4.98 Å². The van der Waals surface area contributed by atoms with Crippen LogP contribution in [0.5, 0.6) is 0 Å². The van der Waals surface area contributed by atoms with Crippen LogP contribution in [-0.4, -0.2) is 31.5 Å². The van der Waals surface area contributed by atoms with Gasteiger partial charge < -0.3 is 20.9 Å². The highest BCUT2D eigenvalue weighted by Crippen LogP contribution is 2.28. The molecule has 1 amide bonds. The van der Waals surface area contributed by atoms with Gasteiger partial charge in [-0.1, -0.05) is 47.3 Å². The van der Waals surface area contributed by atoms with Crippen LogP contribution in [0, 0.1) is 5.92 Å². The zero-order valence-electron chi connectivity index (χ0n) is 19.9. The second-order valence-corrected chi connectivity index (χ2v) is 10.4. The van der Waals surface area contributed by atoms with E-state index in [1.165, 1.54) is 37.7 Å². The summed E-state index contributed by atoms with van der Waals surface area (Å²) in [6.45, 7) is 4.98. The van der Waals surface area contributed by atoms with E-state index in [0.29, 0.717) is 24.6 Å². The number of rotatable bonds is 7. The molecule has 2 heterocycles. The number of nitrogens with one attached hydrogen (secondary N) is 2. The topological polar surface area (TPSA) is 111 Å². The summed E-state index contributed by atoms with van der Waals surface area (Å²) in [5, 5.41) is 7.04. The second-order valence-electron chi connectivity index (χ2n) is 9.45. The lowest BCUT2D eigenvalue weighted by atomic mass is 9.96. The molecule has 2 fully saturated rings. The minimum atomic E-state index is -0.130. The Morgan fingerprint density at radius 2 is 1.82 bits per heavy atom. The predicted octanol–water partition coefficient (Wildman–Crippen LogP) is 5.41. The maximum absolute atomic E-state index is 9.98. The molecule has 9 heteroatoms. The lowest BCUT2D eigenvalue weighted by Gasteiger charge is -2.23. The SMILES string of the molecule is CC(C)n1cnc2c(NCc3ccc(Br)cc3)nc(NC3CCCCC3)nc21.NC(=O)C1CC1. The quantitative estimate of drug-likeness (QED) is 0.378. The van der Waals surface area contributed by atoms with Gasteiger partial charge in [-0.2, -0.15) is 9.97 Å². The average molecular weight is 528 g/mol. The van der Waals surface area contributed by atoms with Crippen molar-refractivity contribution in [2.45, 2.75) is 77.4 Å². The van der Waals surface area contributed by atoms with E-state index in [2.05, 4.69) is 74.2 Å². The molecule has 0 spiro atoms. The number of primary amides is 1. The summed E-state index contributed by atoms with van der Waals surface area (Å²) < 4.78 is 3.18. The third-order valence-corrected chi connectivity index (χ3v) is 6.80. The van der Waals surface area contributed by atoms with Crippen molar-refractivity contribution in [3.63, 3.8) is 0 Å². The predicted molar refractivity (Wildman–Crippen MR) is 140 cm³/mol. The standard InChI is InChI=1S/C21H27BrN6.C4H7NO/c1-14(2)28-13-24-18-19(23-12-15-8-10-16(22)11-9-15)26-21(27-20(18)28)25-17-6-4-3-5-7-17;5-4(6)3-1-2-3/h8-11,13-14,17H,3-7,12H2,1-2H3,(H2,23,25,26,27);3H,1-2H2,(H2,5,6). The Labute approximate surface area is 209 Å². The van der Waals surface area contributed by atoms with E-state index in [1.54, 1.807) is 0 Å². The average Bonchev–Trinajstić information content (AvgIpc) is 3.59. The number of carbonyl (C=O) groups excluding carboxylic acids is 1. The van der Waals surface area contributed by atoms with E-state index in [0.717, 1.165) is 34.3 Å². The monoisotopic (exact) mass is 527 g/mol. The van der Waals surface area contributed by atoms with Crippen LogP contribution in [0.3, 0.4) is 0 Å². The molecule has 34 heavy (non-hydrogen) atoms. The second kappa shape index (κ2) is 11.2. The number of imidazole rings is 1. The van der Waals surface area contributed by atoms with Crippen molar-refractivity contribution in [1.29, 1.82) is 0 Å². The summed E-state index contributed by atoms with van der Waals surface area (Å²) in [5.41, 5.74) is 7.75. The molecule has 0 atom stereocenters. The van der Waals surface area contributed by atoms with Gasteiger partial charge in [0.05, 0.1) is 6.33 Å². The van der Waals surface area contributed by atoms with Gasteiger partial charge in [0.1, 0.15) is 0 Å². The number of aromatic nitrogens is 4. The van der Waals surface area contributed by atoms with Crippen LogP contribution >= 0.6 is 15.9 Å². The smallest absolute Gasteiger partial charge is 0.227 e. The summed E-state index contributed by atoms with van der Waals surface area (Å²) in [5.74, 6) is 1.59. The number of hydrogen-bond donors (Lipinski definition) is 3. The van der Waals surface area contributed by atoms with E-state index in [4.69, 9.17) is 15.7 Å². The number of benzene rings is 1. The summed E-state index contributed by atoms with van der Waals surface area (Å²) >= 11 is 3.48. The van der Waals surface area contributed by atoms with Gasteiger partial charge in [-0.3, -0.25) is 4.79 Å². The molecule has 0 saturated heterocycles. The third kappa shape index (κ3) is 6.46. The van der Waals surface area contributed by atoms with Gasteiger partial charge in [0.2, 0.25) is 11.9 Å². The van der Waals surface area contributed by atoms with Crippen LogP contribution in [-0.2, 0) is 11.3 Å². The van der Waals surface area contributed by atoms with Crippen LogP contribution in [0.15, 0.2) is 35.1 Å². The van der Waals surface area contributed by atoms with E-state index in [-0.39, 0.29) is 11.8 Å². The molecule has 182 valence electrons. The van der Waals surface area contributed by atoms with Crippen molar-refractivity contribution >= 4 is 44.8 Å². The Bertz CT molecular complexity index is 1100. The first kappa shape index (κ1) is 24.4. The molecule has 0 bridgehead atoms. The lowest BCUT2D eigenvalue weighted by molar-refractivity contribution is -0.119. The summed E-state index contributed by atoms with van der Waals surface area (Å²) in [6.07, 6.45) is 10.2. The fourth-order valence-electron chi connectivity index (χ4n) is 4.07. The number of nitrogens with zero attached hydrogens (tertiary/aromatic N) is 4. The molecule has 0 radical (unpaired) electrons. The molecule has 5 rings (SSSR count). The van der Waals surface area contributed by atoms with E-state index in [1.807, 2.05) is 6.33 Å². The minimum absolute atomic E-state index is 0.130. The fraction of sp³-hybridized carbons (Fsp3) is 0.520. The molecule has 2 aliphatic carbocycles. The van der Waals surface area contributed by atoms with Gasteiger partial charge in [-0.05, 0) is 57.2 Å². The van der Waals surface area contributed by atoms with Crippen molar-refractivity contribution < 1.29 is 4.79 Å². The number of nitrogens with two attached hydrogens (primary N) is 1. The molecule has 8 nitrogen and oxygen atoms in total. The minimum Gasteiger partial charge on any atom is -0.369 e. The van der Waals surface area contributed by atoms with Gasteiger partial charge in [0, 0.05) is 29.0 Å². The molecule has 2 aliphatic rings. The van der Waals surface area contributed by atoms with Gasteiger partial charge in [-0.15, -0.1) is 0 Å². The van der Waals surface area contributed by atoms with Crippen LogP contribution in [0.25, 0.3) is 11.2 Å². The van der Waals surface area contributed by atoms with Gasteiger partial charge in [0.25, 0.3) is 0 Å². The molecule has 0 aliphatic heterocycles. The number of anilines is 2. The van der Waals surface area contributed by atoms with Crippen molar-refractivity contribution in [3.05, 3.63) is 40.6 Å². The first-order valence-corrected chi connectivity index (χ1v) is 13.0. The van der Waals surface area contributed by atoms with Crippen LogP contribution in [0.1, 0.15) is 70.4 Å². The Balaban J connectivity index is 0.000000398. The Morgan fingerprint density at radius 3 is 2.41 bits per heavy atom. The zero-order chi connectivity index (χ0) is 24.1. The fourth-order valence-corrected chi connectivity index (χ4v) is 4.33. The van der Waals surface area contributed by atoms with E-state index < -0.39 is 0 Å². The van der Waals surface area contributed by atoms with Crippen molar-refractivity contribution in [2.75, 3.05) is 10.6 Å². The summed E-state index contributed by atoms with van der Waals surface area (Å²) in [7, 11) is 0. The van der Waals surface area contributed by atoms with Gasteiger partial charge in [0.15, 0.2) is 17.0 Å².